The molecule has 0 aliphatic heterocycles. The van der Waals surface area contributed by atoms with E-state index in [1.165, 1.54) is 6.07 Å². The third-order valence-electron chi connectivity index (χ3n) is 5.03. The van der Waals surface area contributed by atoms with Crippen LogP contribution in [-0.2, 0) is 0 Å². The maximum absolute atomic E-state index is 14.5. The summed E-state index contributed by atoms with van der Waals surface area (Å²) in [4.78, 5) is 12.8. The van der Waals surface area contributed by atoms with Crippen molar-refractivity contribution < 1.29 is 9.18 Å². The van der Waals surface area contributed by atoms with Gasteiger partial charge in [-0.1, -0.05) is 11.6 Å². The number of benzene rings is 1. The molecule has 1 saturated carbocycles. The van der Waals surface area contributed by atoms with Crippen LogP contribution in [0.2, 0.25) is 5.02 Å². The number of fused-ring (bicyclic) bond motifs is 5. The normalized spacial score (nSPS) is 21.5. The Morgan fingerprint density at radius 1 is 1.32 bits per heavy atom. The van der Waals surface area contributed by atoms with Crippen LogP contribution in [0.3, 0.4) is 0 Å². The predicted octanol–water partition coefficient (Wildman–Crippen LogP) is 4.56. The summed E-state index contributed by atoms with van der Waals surface area (Å²) in [6.45, 7) is 5.81. The fourth-order valence-corrected chi connectivity index (χ4v) is 4.29. The van der Waals surface area contributed by atoms with Crippen molar-refractivity contribution in [2.75, 3.05) is 0 Å². The fraction of sp³-hybridized carbons (Fsp3) is 0.474. The summed E-state index contributed by atoms with van der Waals surface area (Å²) < 4.78 is 16.1. The number of hydrogen-bond acceptors (Lipinski definition) is 2. The van der Waals surface area contributed by atoms with Crippen molar-refractivity contribution in [1.29, 1.82) is 0 Å². The van der Waals surface area contributed by atoms with Gasteiger partial charge in [0.1, 0.15) is 11.5 Å². The first-order chi connectivity index (χ1) is 11.7. The molecule has 25 heavy (non-hydrogen) atoms. The van der Waals surface area contributed by atoms with E-state index in [4.69, 9.17) is 11.6 Å². The molecule has 1 N–H and O–H groups in total. The van der Waals surface area contributed by atoms with Crippen molar-refractivity contribution in [1.82, 2.24) is 15.1 Å². The molecule has 1 heterocycles. The molecule has 4 rings (SSSR count). The maximum atomic E-state index is 14.5. The van der Waals surface area contributed by atoms with E-state index in [2.05, 4.69) is 10.4 Å². The summed E-state index contributed by atoms with van der Waals surface area (Å²) in [5, 5.41) is 7.87. The van der Waals surface area contributed by atoms with E-state index in [0.29, 0.717) is 28.2 Å². The van der Waals surface area contributed by atoms with Crippen LogP contribution in [0.4, 0.5) is 4.39 Å². The third kappa shape index (κ3) is 2.74. The largest absolute Gasteiger partial charge is 0.346 e. The van der Waals surface area contributed by atoms with Crippen molar-refractivity contribution >= 4 is 17.5 Å². The van der Waals surface area contributed by atoms with Gasteiger partial charge in [0.15, 0.2) is 5.69 Å². The fourth-order valence-electron chi connectivity index (χ4n) is 4.13. The summed E-state index contributed by atoms with van der Waals surface area (Å²) in [6.07, 6.45) is 3.17. The Balaban J connectivity index is 1.86. The topological polar surface area (TPSA) is 46.9 Å². The van der Waals surface area contributed by atoms with E-state index in [9.17, 15) is 9.18 Å². The molecule has 2 aromatic rings. The Morgan fingerprint density at radius 2 is 2.04 bits per heavy atom. The summed E-state index contributed by atoms with van der Waals surface area (Å²) in [7, 11) is 0. The molecule has 1 fully saturated rings. The van der Waals surface area contributed by atoms with Gasteiger partial charge in [0.05, 0.1) is 5.69 Å². The lowest BCUT2D eigenvalue weighted by Gasteiger charge is -2.20. The highest BCUT2D eigenvalue weighted by molar-refractivity contribution is 6.30. The third-order valence-corrected chi connectivity index (χ3v) is 5.26. The van der Waals surface area contributed by atoms with Gasteiger partial charge in [-0.15, -0.1) is 0 Å². The first kappa shape index (κ1) is 16.6. The van der Waals surface area contributed by atoms with E-state index in [0.717, 1.165) is 30.5 Å². The molecule has 1 aromatic heterocycles. The van der Waals surface area contributed by atoms with E-state index >= 15 is 0 Å². The molecule has 0 saturated heterocycles. The molecule has 2 aliphatic rings. The van der Waals surface area contributed by atoms with E-state index in [1.54, 1.807) is 16.8 Å². The maximum Gasteiger partial charge on any atom is 0.272 e. The van der Waals surface area contributed by atoms with Crippen LogP contribution in [0, 0.1) is 5.82 Å². The minimum absolute atomic E-state index is 0.190. The Hall–Kier alpha value is -1.88. The second-order valence-corrected chi connectivity index (χ2v) is 8.50. The second kappa shape index (κ2) is 5.56. The number of rotatable bonds is 2. The first-order valence-corrected chi connectivity index (χ1v) is 9.03. The smallest absolute Gasteiger partial charge is 0.272 e. The van der Waals surface area contributed by atoms with Crippen molar-refractivity contribution in [2.24, 2.45) is 0 Å². The standard InChI is InChI=1S/C19H21ClFN3O/c1-19(2,3)22-18(25)16-15-10-4-5-11(8-10)17(15)24(23-16)14-7-6-12(20)9-13(14)21/h6-7,9-11H,4-5,8H2,1-3H3,(H,22,25)/t10-,11+/m1/s1. The zero-order valence-corrected chi connectivity index (χ0v) is 15.3. The Morgan fingerprint density at radius 3 is 2.72 bits per heavy atom. The van der Waals surface area contributed by atoms with Gasteiger partial charge >= 0.3 is 0 Å². The first-order valence-electron chi connectivity index (χ1n) is 8.65. The summed E-state index contributed by atoms with van der Waals surface area (Å²) in [5.74, 6) is 0.0800. The lowest BCUT2D eigenvalue weighted by atomic mass is 9.94. The van der Waals surface area contributed by atoms with Crippen molar-refractivity contribution in [3.8, 4) is 5.69 Å². The molecule has 0 radical (unpaired) electrons. The highest BCUT2D eigenvalue weighted by Gasteiger charge is 2.44. The van der Waals surface area contributed by atoms with Crippen LogP contribution in [-0.4, -0.2) is 21.2 Å². The van der Waals surface area contributed by atoms with Gasteiger partial charge in [0, 0.05) is 22.0 Å². The average Bonchev–Trinajstić information content (AvgIpc) is 3.17. The number of aromatic nitrogens is 2. The average molecular weight is 362 g/mol. The van der Waals surface area contributed by atoms with Crippen molar-refractivity contribution in [3.63, 3.8) is 0 Å². The van der Waals surface area contributed by atoms with Crippen LogP contribution in [0.1, 0.15) is 73.6 Å². The summed E-state index contributed by atoms with van der Waals surface area (Å²) in [5.41, 5.74) is 2.44. The van der Waals surface area contributed by atoms with Gasteiger partial charge in [-0.25, -0.2) is 9.07 Å². The monoisotopic (exact) mass is 361 g/mol. The summed E-state index contributed by atoms with van der Waals surface area (Å²) >= 11 is 5.88. The van der Waals surface area contributed by atoms with Crippen LogP contribution in [0.25, 0.3) is 5.69 Å². The molecule has 1 amide bonds. The molecule has 132 valence electrons. The summed E-state index contributed by atoms with van der Waals surface area (Å²) in [6, 6.07) is 4.56. The minimum Gasteiger partial charge on any atom is -0.346 e. The molecule has 2 atom stereocenters. The number of amides is 1. The second-order valence-electron chi connectivity index (χ2n) is 8.07. The van der Waals surface area contributed by atoms with Crippen molar-refractivity contribution in [2.45, 2.75) is 57.4 Å². The quantitative estimate of drug-likeness (QED) is 0.852. The number of halogens is 2. The van der Waals surface area contributed by atoms with Gasteiger partial charge < -0.3 is 5.32 Å². The van der Waals surface area contributed by atoms with Gasteiger partial charge in [-0.2, -0.15) is 5.10 Å². The van der Waals surface area contributed by atoms with Gasteiger partial charge in [-0.05, 0) is 64.2 Å². The molecule has 2 aliphatic carbocycles. The lowest BCUT2D eigenvalue weighted by Crippen LogP contribution is -2.41. The van der Waals surface area contributed by atoms with Crippen LogP contribution >= 0.6 is 11.6 Å². The number of carbonyl (C=O) groups excluding carboxylic acids is 1. The Bertz CT molecular complexity index is 868. The molecule has 2 bridgehead atoms. The highest BCUT2D eigenvalue weighted by atomic mass is 35.5. The van der Waals surface area contributed by atoms with Crippen LogP contribution in [0.5, 0.6) is 0 Å². The van der Waals surface area contributed by atoms with Crippen LogP contribution < -0.4 is 5.32 Å². The van der Waals surface area contributed by atoms with Crippen molar-refractivity contribution in [3.05, 3.63) is 46.0 Å². The lowest BCUT2D eigenvalue weighted by molar-refractivity contribution is 0.0912. The Labute approximate surface area is 151 Å². The molecule has 0 unspecified atom stereocenters. The molecular weight excluding hydrogens is 341 g/mol. The van der Waals surface area contributed by atoms with E-state index in [1.807, 2.05) is 20.8 Å². The minimum atomic E-state index is -0.427. The Kier molecular flexibility index (Phi) is 3.69. The SMILES string of the molecule is CC(C)(C)NC(=O)c1nn(-c2ccc(Cl)cc2F)c2c1[C@@H]1CC[C@H]2C1. The molecule has 4 nitrogen and oxygen atoms in total. The predicted molar refractivity (Wildman–Crippen MR) is 95.1 cm³/mol. The number of nitrogens with zero attached hydrogens (tertiary/aromatic N) is 2. The van der Waals surface area contributed by atoms with Crippen LogP contribution in [0.15, 0.2) is 18.2 Å². The number of hydrogen-bond donors (Lipinski definition) is 1. The van der Waals surface area contributed by atoms with Gasteiger partial charge in [0.2, 0.25) is 0 Å². The number of nitrogens with one attached hydrogen (secondary N) is 1. The number of carbonyl (C=O) groups is 1. The van der Waals surface area contributed by atoms with E-state index in [-0.39, 0.29) is 11.4 Å². The molecule has 1 aromatic carbocycles. The molecular formula is C19H21ClFN3O. The van der Waals surface area contributed by atoms with E-state index < -0.39 is 5.82 Å². The zero-order valence-electron chi connectivity index (χ0n) is 14.6. The zero-order chi connectivity index (χ0) is 17.9. The molecule has 6 heteroatoms. The van der Waals surface area contributed by atoms with Gasteiger partial charge in [-0.3, -0.25) is 4.79 Å². The van der Waals surface area contributed by atoms with Gasteiger partial charge in [0.25, 0.3) is 5.91 Å². The molecule has 0 spiro atoms. The highest BCUT2D eigenvalue weighted by Crippen LogP contribution is 2.54.